The highest BCUT2D eigenvalue weighted by Gasteiger charge is 1.95. The first-order valence-corrected chi connectivity index (χ1v) is 11.3. The average Bonchev–Trinajstić information content (AvgIpc) is 2.88. The predicted octanol–water partition coefficient (Wildman–Crippen LogP) is 8.09. The van der Waals surface area contributed by atoms with Crippen molar-refractivity contribution in [2.45, 2.75) is 0 Å². The Kier molecular flexibility index (Phi) is 9.18. The van der Waals surface area contributed by atoms with Gasteiger partial charge in [-0.15, -0.1) is 0 Å². The normalized spacial score (nSPS) is 10.7. The number of rotatable bonds is 6. The van der Waals surface area contributed by atoms with Crippen molar-refractivity contribution >= 4 is 34.9 Å². The van der Waals surface area contributed by atoms with Crippen LogP contribution in [-0.4, -0.2) is 28.2 Å². The minimum Gasteiger partial charge on any atom is -0.378 e. The lowest BCUT2D eigenvalue weighted by atomic mass is 10.1. The third-order valence-corrected chi connectivity index (χ3v) is 5.08. The number of azo groups is 1. The van der Waals surface area contributed by atoms with E-state index in [-0.39, 0.29) is 0 Å². The quantitative estimate of drug-likeness (QED) is 0.220. The van der Waals surface area contributed by atoms with Crippen LogP contribution in [-0.2, 0) is 0 Å². The minimum absolute atomic E-state index is 0.861. The Morgan fingerprint density at radius 3 is 1.29 bits per heavy atom. The topological polar surface area (TPSA) is 31.2 Å². The van der Waals surface area contributed by atoms with Gasteiger partial charge in [0.2, 0.25) is 0 Å². The van der Waals surface area contributed by atoms with E-state index < -0.39 is 0 Å². The first-order valence-electron chi connectivity index (χ1n) is 11.3. The van der Waals surface area contributed by atoms with Gasteiger partial charge in [0.1, 0.15) is 0 Å². The average molecular weight is 449 g/mol. The molecule has 34 heavy (non-hydrogen) atoms. The van der Waals surface area contributed by atoms with Gasteiger partial charge in [0.05, 0.1) is 11.4 Å². The van der Waals surface area contributed by atoms with Gasteiger partial charge in [-0.2, -0.15) is 10.2 Å². The number of hydrogen-bond donors (Lipinski definition) is 0. The zero-order chi connectivity index (χ0) is 24.2. The standard InChI is InChI=1S/C16H17N.C14H15N3/c1-17(2)16-12-10-15(11-13-16)9-8-14-6-4-3-5-7-14;1-17(2)14-10-8-13(9-11-14)16-15-12-6-4-3-5-7-12/h3-13H,1-2H3;3-11H,1-2H3/b9-8+;. The summed E-state index contributed by atoms with van der Waals surface area (Å²) in [6.07, 6.45) is 4.26. The van der Waals surface area contributed by atoms with Crippen LogP contribution in [0.3, 0.4) is 0 Å². The van der Waals surface area contributed by atoms with E-state index in [0.717, 1.165) is 17.1 Å². The fraction of sp³-hybridized carbons (Fsp3) is 0.133. The van der Waals surface area contributed by atoms with Gasteiger partial charge >= 0.3 is 0 Å². The summed E-state index contributed by atoms with van der Waals surface area (Å²) in [7, 11) is 8.13. The van der Waals surface area contributed by atoms with Gasteiger partial charge in [0.25, 0.3) is 0 Å². The molecule has 0 fully saturated rings. The predicted molar refractivity (Wildman–Crippen MR) is 148 cm³/mol. The van der Waals surface area contributed by atoms with E-state index in [2.05, 4.69) is 94.8 Å². The summed E-state index contributed by atoms with van der Waals surface area (Å²) >= 11 is 0. The maximum atomic E-state index is 4.18. The molecule has 0 spiro atoms. The highest BCUT2D eigenvalue weighted by atomic mass is 15.1. The maximum Gasteiger partial charge on any atom is 0.0858 e. The first kappa shape index (κ1) is 24.5. The summed E-state index contributed by atoms with van der Waals surface area (Å²) in [5.41, 5.74) is 6.55. The lowest BCUT2D eigenvalue weighted by Crippen LogP contribution is -2.07. The molecule has 0 aliphatic heterocycles. The fourth-order valence-electron chi connectivity index (χ4n) is 3.07. The molecule has 0 bridgehead atoms. The van der Waals surface area contributed by atoms with Gasteiger partial charge in [0.15, 0.2) is 0 Å². The Balaban J connectivity index is 0.000000191. The van der Waals surface area contributed by atoms with E-state index in [4.69, 9.17) is 0 Å². The summed E-state index contributed by atoms with van der Waals surface area (Å²) in [5, 5.41) is 8.35. The summed E-state index contributed by atoms with van der Waals surface area (Å²) in [6.45, 7) is 0. The van der Waals surface area contributed by atoms with E-state index in [9.17, 15) is 0 Å². The first-order chi connectivity index (χ1) is 16.5. The number of anilines is 2. The molecular formula is C30H32N4. The number of benzene rings is 4. The van der Waals surface area contributed by atoms with Crippen molar-refractivity contribution in [1.29, 1.82) is 0 Å². The smallest absolute Gasteiger partial charge is 0.0858 e. The van der Waals surface area contributed by atoms with E-state index in [1.165, 1.54) is 16.8 Å². The Hall–Kier alpha value is -4.18. The van der Waals surface area contributed by atoms with Crippen molar-refractivity contribution in [3.63, 3.8) is 0 Å². The van der Waals surface area contributed by atoms with Gasteiger partial charge in [0, 0.05) is 39.6 Å². The fourth-order valence-corrected chi connectivity index (χ4v) is 3.07. The molecule has 0 atom stereocenters. The molecule has 4 rings (SSSR count). The largest absolute Gasteiger partial charge is 0.378 e. The molecule has 0 radical (unpaired) electrons. The Bertz CT molecular complexity index is 1070. The van der Waals surface area contributed by atoms with Crippen molar-refractivity contribution in [2.24, 2.45) is 10.2 Å². The Labute approximate surface area is 203 Å². The molecule has 0 amide bonds. The van der Waals surface area contributed by atoms with Crippen molar-refractivity contribution < 1.29 is 0 Å². The zero-order valence-electron chi connectivity index (χ0n) is 20.3. The molecule has 0 unspecified atom stereocenters. The molecule has 4 heteroatoms. The van der Waals surface area contributed by atoms with Crippen LogP contribution in [0, 0.1) is 0 Å². The molecule has 0 N–H and O–H groups in total. The minimum atomic E-state index is 0.861. The molecular weight excluding hydrogens is 416 g/mol. The monoisotopic (exact) mass is 448 g/mol. The highest BCUT2D eigenvalue weighted by Crippen LogP contribution is 2.21. The second-order valence-electron chi connectivity index (χ2n) is 8.18. The Morgan fingerprint density at radius 1 is 0.441 bits per heavy atom. The molecule has 0 aromatic heterocycles. The van der Waals surface area contributed by atoms with Crippen LogP contribution in [0.15, 0.2) is 119 Å². The SMILES string of the molecule is CN(C)c1ccc(/C=C/c2ccccc2)cc1.CN(C)c1ccc(N=Nc2ccccc2)cc1. The number of nitrogens with zero attached hydrogens (tertiary/aromatic N) is 4. The highest BCUT2D eigenvalue weighted by molar-refractivity contribution is 5.70. The second-order valence-corrected chi connectivity index (χ2v) is 8.18. The van der Waals surface area contributed by atoms with Crippen LogP contribution in [0.1, 0.15) is 11.1 Å². The summed E-state index contributed by atoms with van der Waals surface area (Å²) < 4.78 is 0. The molecule has 4 aromatic carbocycles. The Morgan fingerprint density at radius 2 is 0.824 bits per heavy atom. The lowest BCUT2D eigenvalue weighted by molar-refractivity contribution is 1.13. The third-order valence-electron chi connectivity index (χ3n) is 5.08. The molecule has 0 heterocycles. The van der Waals surface area contributed by atoms with E-state index in [0.29, 0.717) is 0 Å². The van der Waals surface area contributed by atoms with Crippen LogP contribution in [0.4, 0.5) is 22.7 Å². The van der Waals surface area contributed by atoms with Crippen molar-refractivity contribution in [2.75, 3.05) is 38.0 Å². The van der Waals surface area contributed by atoms with Crippen molar-refractivity contribution in [3.05, 3.63) is 120 Å². The second kappa shape index (κ2) is 12.8. The summed E-state index contributed by atoms with van der Waals surface area (Å²) in [4.78, 5) is 4.16. The van der Waals surface area contributed by atoms with Crippen molar-refractivity contribution in [1.82, 2.24) is 0 Å². The molecule has 0 saturated heterocycles. The summed E-state index contributed by atoms with van der Waals surface area (Å²) in [5.74, 6) is 0. The zero-order valence-corrected chi connectivity index (χ0v) is 20.3. The molecule has 0 saturated carbocycles. The molecule has 0 aliphatic carbocycles. The lowest BCUT2D eigenvalue weighted by Gasteiger charge is -2.11. The van der Waals surface area contributed by atoms with Crippen LogP contribution in [0.5, 0.6) is 0 Å². The van der Waals surface area contributed by atoms with Crippen molar-refractivity contribution in [3.8, 4) is 0 Å². The number of hydrogen-bond acceptors (Lipinski definition) is 4. The van der Waals surface area contributed by atoms with Gasteiger partial charge in [-0.3, -0.25) is 0 Å². The van der Waals surface area contributed by atoms with Crippen LogP contribution < -0.4 is 9.80 Å². The van der Waals surface area contributed by atoms with Gasteiger partial charge < -0.3 is 9.80 Å². The third kappa shape index (κ3) is 8.06. The van der Waals surface area contributed by atoms with E-state index >= 15 is 0 Å². The molecule has 4 aromatic rings. The van der Waals surface area contributed by atoms with E-state index in [1.54, 1.807) is 0 Å². The van der Waals surface area contributed by atoms with Gasteiger partial charge in [-0.1, -0.05) is 72.8 Å². The van der Waals surface area contributed by atoms with E-state index in [1.807, 2.05) is 74.8 Å². The van der Waals surface area contributed by atoms with Gasteiger partial charge in [-0.05, 0) is 59.7 Å². The molecule has 172 valence electrons. The van der Waals surface area contributed by atoms with Crippen LogP contribution >= 0.6 is 0 Å². The molecule has 0 aliphatic rings. The van der Waals surface area contributed by atoms with Gasteiger partial charge in [-0.25, -0.2) is 0 Å². The van der Waals surface area contributed by atoms with Crippen LogP contribution in [0.25, 0.3) is 12.2 Å². The maximum absolute atomic E-state index is 4.18. The molecule has 4 nitrogen and oxygen atoms in total. The summed E-state index contributed by atoms with van der Waals surface area (Å²) in [6, 6.07) is 36.6. The van der Waals surface area contributed by atoms with Crippen LogP contribution in [0.2, 0.25) is 0 Å².